The fourth-order valence-electron chi connectivity index (χ4n) is 2.43. The summed E-state index contributed by atoms with van der Waals surface area (Å²) in [7, 11) is 0.0354. The SMILES string of the molecule is CN(Cc1ccc(F)cc1S(C)=O)C(=O)c1cn(CCO)c(O)c1O. The van der Waals surface area contributed by atoms with E-state index < -0.39 is 34.2 Å². The van der Waals surface area contributed by atoms with Crippen molar-refractivity contribution < 1.29 is 28.7 Å². The number of aromatic hydroxyl groups is 2. The molecule has 1 aromatic carbocycles. The number of carbonyl (C=O) groups excluding carboxylic acids is 1. The van der Waals surface area contributed by atoms with E-state index in [1.807, 2.05) is 0 Å². The van der Waals surface area contributed by atoms with Gasteiger partial charge >= 0.3 is 0 Å². The number of nitrogens with zero attached hydrogens (tertiary/aromatic N) is 2. The Hall–Kier alpha value is -2.39. The predicted octanol–water partition coefficient (Wildman–Crippen LogP) is 1.04. The van der Waals surface area contributed by atoms with Gasteiger partial charge < -0.3 is 24.8 Å². The molecule has 0 fully saturated rings. The van der Waals surface area contributed by atoms with Gasteiger partial charge in [0.1, 0.15) is 11.4 Å². The van der Waals surface area contributed by atoms with Crippen LogP contribution in [0.5, 0.6) is 11.6 Å². The van der Waals surface area contributed by atoms with Crippen molar-refractivity contribution >= 4 is 16.7 Å². The van der Waals surface area contributed by atoms with Gasteiger partial charge in [0.2, 0.25) is 5.88 Å². The molecule has 1 aromatic heterocycles. The van der Waals surface area contributed by atoms with Crippen molar-refractivity contribution in [1.29, 1.82) is 0 Å². The predicted molar refractivity (Wildman–Crippen MR) is 89.4 cm³/mol. The Labute approximate surface area is 146 Å². The monoisotopic (exact) mass is 370 g/mol. The molecular weight excluding hydrogens is 351 g/mol. The molecule has 1 unspecified atom stereocenters. The lowest BCUT2D eigenvalue weighted by atomic mass is 10.2. The van der Waals surface area contributed by atoms with E-state index in [2.05, 4.69) is 0 Å². The van der Waals surface area contributed by atoms with E-state index in [4.69, 9.17) is 5.11 Å². The zero-order chi connectivity index (χ0) is 18.7. The first-order valence-electron chi connectivity index (χ1n) is 7.35. The third kappa shape index (κ3) is 3.99. The first-order chi connectivity index (χ1) is 11.8. The number of hydrogen-bond donors (Lipinski definition) is 3. The highest BCUT2D eigenvalue weighted by Crippen LogP contribution is 2.32. The van der Waals surface area contributed by atoms with Crippen molar-refractivity contribution in [3.8, 4) is 11.6 Å². The average molecular weight is 370 g/mol. The minimum atomic E-state index is -1.43. The highest BCUT2D eigenvalue weighted by atomic mass is 32.2. The van der Waals surface area contributed by atoms with E-state index in [0.717, 1.165) is 10.6 Å². The first kappa shape index (κ1) is 18.9. The summed E-state index contributed by atoms with van der Waals surface area (Å²) in [6.07, 6.45) is 2.65. The lowest BCUT2D eigenvalue weighted by molar-refractivity contribution is 0.0781. The van der Waals surface area contributed by atoms with Gasteiger partial charge in [-0.2, -0.15) is 0 Å². The smallest absolute Gasteiger partial charge is 0.259 e. The standard InChI is InChI=1S/C16H19FN2O5S/c1-18(8-10-3-4-11(17)7-13(10)25(2)24)15(22)12-9-19(5-6-20)16(23)14(12)21/h3-4,7,9,20-21,23H,5-6,8H2,1-2H3. The van der Waals surface area contributed by atoms with Gasteiger partial charge in [-0.25, -0.2) is 4.39 Å². The lowest BCUT2D eigenvalue weighted by Gasteiger charge is -2.18. The van der Waals surface area contributed by atoms with Crippen LogP contribution in [-0.4, -0.2) is 54.8 Å². The van der Waals surface area contributed by atoms with Gasteiger partial charge in [-0.3, -0.25) is 9.00 Å². The Morgan fingerprint density at radius 2 is 2.04 bits per heavy atom. The van der Waals surface area contributed by atoms with Crippen molar-refractivity contribution in [2.24, 2.45) is 0 Å². The molecule has 0 saturated heterocycles. The maximum atomic E-state index is 13.3. The molecule has 1 amide bonds. The summed E-state index contributed by atoms with van der Waals surface area (Å²) in [6, 6.07) is 3.82. The van der Waals surface area contributed by atoms with Gasteiger partial charge in [0, 0.05) is 37.5 Å². The molecule has 0 aliphatic carbocycles. The number of carbonyl (C=O) groups is 1. The number of halogens is 1. The third-order valence-corrected chi connectivity index (χ3v) is 4.69. The summed E-state index contributed by atoms with van der Waals surface area (Å²) < 4.78 is 26.3. The average Bonchev–Trinajstić information content (AvgIpc) is 2.84. The third-order valence-electron chi connectivity index (χ3n) is 3.69. The summed E-state index contributed by atoms with van der Waals surface area (Å²) in [5, 5.41) is 28.6. The maximum absolute atomic E-state index is 13.3. The molecule has 2 rings (SSSR count). The number of aromatic nitrogens is 1. The van der Waals surface area contributed by atoms with Crippen LogP contribution < -0.4 is 0 Å². The molecule has 1 atom stereocenters. The molecule has 0 radical (unpaired) electrons. The number of rotatable bonds is 6. The van der Waals surface area contributed by atoms with Crippen molar-refractivity contribution in [1.82, 2.24) is 9.47 Å². The van der Waals surface area contributed by atoms with Crippen LogP contribution in [0.1, 0.15) is 15.9 Å². The van der Waals surface area contributed by atoms with E-state index in [1.54, 1.807) is 0 Å². The Morgan fingerprint density at radius 1 is 1.36 bits per heavy atom. The molecule has 0 saturated carbocycles. The van der Waals surface area contributed by atoms with E-state index in [0.29, 0.717) is 5.56 Å². The molecule has 0 spiro atoms. The van der Waals surface area contributed by atoms with E-state index >= 15 is 0 Å². The summed E-state index contributed by atoms with van der Waals surface area (Å²) in [5.41, 5.74) is 0.381. The lowest BCUT2D eigenvalue weighted by Crippen LogP contribution is -2.26. The summed E-state index contributed by atoms with van der Waals surface area (Å²) >= 11 is 0. The van der Waals surface area contributed by atoms with Gasteiger partial charge in [-0.15, -0.1) is 0 Å². The van der Waals surface area contributed by atoms with Gasteiger partial charge in [-0.1, -0.05) is 6.07 Å². The number of hydrogen-bond acceptors (Lipinski definition) is 5. The molecule has 0 aliphatic rings. The van der Waals surface area contributed by atoms with Crippen molar-refractivity contribution in [3.05, 3.63) is 41.3 Å². The molecular formula is C16H19FN2O5S. The summed E-state index contributed by atoms with van der Waals surface area (Å²) in [6.45, 7) is -0.209. The number of benzene rings is 1. The molecule has 0 bridgehead atoms. The number of amides is 1. The van der Waals surface area contributed by atoms with Crippen LogP contribution in [-0.2, 0) is 23.9 Å². The van der Waals surface area contributed by atoms with E-state index in [-0.39, 0.29) is 30.2 Å². The molecule has 0 aliphatic heterocycles. The van der Waals surface area contributed by atoms with Crippen LogP contribution in [0.15, 0.2) is 29.3 Å². The van der Waals surface area contributed by atoms with Crippen molar-refractivity contribution in [3.63, 3.8) is 0 Å². The quantitative estimate of drug-likeness (QED) is 0.705. The minimum absolute atomic E-state index is 0.0211. The molecule has 2 aromatic rings. The zero-order valence-electron chi connectivity index (χ0n) is 13.8. The minimum Gasteiger partial charge on any atom is -0.503 e. The van der Waals surface area contributed by atoms with Gasteiger partial charge in [0.05, 0.1) is 17.4 Å². The largest absolute Gasteiger partial charge is 0.503 e. The Bertz CT molecular complexity index is 821. The van der Waals surface area contributed by atoms with Gasteiger partial charge in [0.25, 0.3) is 5.91 Å². The van der Waals surface area contributed by atoms with Crippen LogP contribution in [0.3, 0.4) is 0 Å². The molecule has 25 heavy (non-hydrogen) atoms. The molecule has 7 nitrogen and oxygen atoms in total. The van der Waals surface area contributed by atoms with Crippen LogP contribution in [0.25, 0.3) is 0 Å². The fourth-order valence-corrected chi connectivity index (χ4v) is 3.21. The summed E-state index contributed by atoms with van der Waals surface area (Å²) in [5.74, 6) is -2.19. The summed E-state index contributed by atoms with van der Waals surface area (Å²) in [4.78, 5) is 14.1. The van der Waals surface area contributed by atoms with Crippen LogP contribution >= 0.6 is 0 Å². The Balaban J connectivity index is 2.27. The molecule has 9 heteroatoms. The Morgan fingerprint density at radius 3 is 2.64 bits per heavy atom. The number of aliphatic hydroxyl groups excluding tert-OH is 1. The second-order valence-electron chi connectivity index (χ2n) is 5.50. The van der Waals surface area contributed by atoms with Gasteiger partial charge in [0.15, 0.2) is 5.75 Å². The fraction of sp³-hybridized carbons (Fsp3) is 0.312. The highest BCUT2D eigenvalue weighted by molar-refractivity contribution is 7.84. The van der Waals surface area contributed by atoms with Crippen LogP contribution in [0.4, 0.5) is 4.39 Å². The van der Waals surface area contributed by atoms with Crippen LogP contribution in [0.2, 0.25) is 0 Å². The van der Waals surface area contributed by atoms with Crippen molar-refractivity contribution in [2.75, 3.05) is 19.9 Å². The van der Waals surface area contributed by atoms with E-state index in [9.17, 15) is 23.6 Å². The van der Waals surface area contributed by atoms with E-state index in [1.165, 1.54) is 36.5 Å². The second kappa shape index (κ2) is 7.66. The van der Waals surface area contributed by atoms with Crippen molar-refractivity contribution in [2.45, 2.75) is 18.0 Å². The molecule has 3 N–H and O–H groups in total. The second-order valence-corrected chi connectivity index (χ2v) is 6.85. The first-order valence-corrected chi connectivity index (χ1v) is 8.91. The zero-order valence-corrected chi connectivity index (χ0v) is 14.6. The Kier molecular flexibility index (Phi) is 5.81. The topological polar surface area (TPSA) is 103 Å². The highest BCUT2D eigenvalue weighted by Gasteiger charge is 2.23. The number of aliphatic hydroxyl groups is 1. The normalized spacial score (nSPS) is 12.2. The van der Waals surface area contributed by atoms with Gasteiger partial charge in [-0.05, 0) is 17.7 Å². The maximum Gasteiger partial charge on any atom is 0.259 e. The molecule has 136 valence electrons. The van der Waals surface area contributed by atoms with Crippen LogP contribution in [0, 0.1) is 5.82 Å². The molecule has 1 heterocycles.